The van der Waals surface area contributed by atoms with Crippen molar-refractivity contribution in [1.82, 2.24) is 20.4 Å². The van der Waals surface area contributed by atoms with Gasteiger partial charge in [0.2, 0.25) is 5.89 Å². The number of amides is 1. The number of nitrogens with zero attached hydrogens (tertiary/aromatic N) is 3. The SMILES string of the molecule is Cc1cc(-c2ccc(C(=O)NCc3nc(C4CCCCC4)no3)cc2)ccn1. The highest BCUT2D eigenvalue weighted by atomic mass is 16.5. The van der Waals surface area contributed by atoms with E-state index in [0.717, 1.165) is 35.5 Å². The summed E-state index contributed by atoms with van der Waals surface area (Å²) < 4.78 is 5.31. The Balaban J connectivity index is 1.35. The molecule has 0 atom stereocenters. The largest absolute Gasteiger partial charge is 0.343 e. The number of pyridine rings is 1. The first-order valence-electron chi connectivity index (χ1n) is 9.83. The fraction of sp³-hybridized carbons (Fsp3) is 0.364. The number of hydrogen-bond donors (Lipinski definition) is 1. The molecule has 1 amide bonds. The van der Waals surface area contributed by atoms with Crippen LogP contribution in [0.1, 0.15) is 65.8 Å². The van der Waals surface area contributed by atoms with Gasteiger partial charge in [-0.2, -0.15) is 4.98 Å². The molecule has 0 radical (unpaired) electrons. The van der Waals surface area contributed by atoms with Crippen LogP contribution in [0.3, 0.4) is 0 Å². The minimum atomic E-state index is -0.158. The van der Waals surface area contributed by atoms with E-state index in [1.54, 1.807) is 6.20 Å². The Morgan fingerprint density at radius 1 is 1.11 bits per heavy atom. The maximum Gasteiger partial charge on any atom is 0.251 e. The fourth-order valence-electron chi connectivity index (χ4n) is 3.66. The van der Waals surface area contributed by atoms with Crippen molar-refractivity contribution in [1.29, 1.82) is 0 Å². The molecule has 0 unspecified atom stereocenters. The Morgan fingerprint density at radius 2 is 1.89 bits per heavy atom. The van der Waals surface area contributed by atoms with Crippen molar-refractivity contribution in [3.63, 3.8) is 0 Å². The molecule has 1 aromatic carbocycles. The third kappa shape index (κ3) is 4.27. The van der Waals surface area contributed by atoms with E-state index < -0.39 is 0 Å². The fourth-order valence-corrected chi connectivity index (χ4v) is 3.66. The Hall–Kier alpha value is -3.02. The molecule has 144 valence electrons. The molecule has 0 bridgehead atoms. The maximum atomic E-state index is 12.4. The predicted octanol–water partition coefficient (Wildman–Crippen LogP) is 4.42. The second-order valence-corrected chi connectivity index (χ2v) is 7.33. The minimum absolute atomic E-state index is 0.158. The number of aromatic nitrogens is 3. The Kier molecular flexibility index (Phi) is 5.46. The first-order valence-corrected chi connectivity index (χ1v) is 9.83. The van der Waals surface area contributed by atoms with Gasteiger partial charge in [0.25, 0.3) is 5.91 Å². The summed E-state index contributed by atoms with van der Waals surface area (Å²) in [6.07, 6.45) is 7.76. The molecule has 1 aliphatic carbocycles. The molecule has 0 spiro atoms. The highest BCUT2D eigenvalue weighted by Gasteiger charge is 2.21. The first kappa shape index (κ1) is 18.3. The lowest BCUT2D eigenvalue weighted by molar-refractivity contribution is 0.0946. The third-order valence-electron chi connectivity index (χ3n) is 5.23. The molecule has 0 aliphatic heterocycles. The van der Waals surface area contributed by atoms with Crippen LogP contribution in [0.2, 0.25) is 0 Å². The average Bonchev–Trinajstić information content (AvgIpc) is 3.22. The van der Waals surface area contributed by atoms with Crippen molar-refractivity contribution < 1.29 is 9.32 Å². The van der Waals surface area contributed by atoms with Gasteiger partial charge in [-0.1, -0.05) is 36.6 Å². The molecule has 28 heavy (non-hydrogen) atoms. The monoisotopic (exact) mass is 376 g/mol. The summed E-state index contributed by atoms with van der Waals surface area (Å²) in [5.74, 6) is 1.47. The molecule has 1 aliphatic rings. The zero-order valence-electron chi connectivity index (χ0n) is 16.0. The molecule has 0 saturated heterocycles. The van der Waals surface area contributed by atoms with Crippen LogP contribution in [-0.2, 0) is 6.54 Å². The first-order chi connectivity index (χ1) is 13.7. The van der Waals surface area contributed by atoms with Gasteiger partial charge < -0.3 is 9.84 Å². The van der Waals surface area contributed by atoms with E-state index in [0.29, 0.717) is 17.4 Å². The minimum Gasteiger partial charge on any atom is -0.343 e. The molecule has 2 aromatic heterocycles. The number of hydrogen-bond acceptors (Lipinski definition) is 5. The lowest BCUT2D eigenvalue weighted by Gasteiger charge is -2.17. The van der Waals surface area contributed by atoms with Crippen LogP contribution >= 0.6 is 0 Å². The van der Waals surface area contributed by atoms with Crippen molar-refractivity contribution in [3.8, 4) is 11.1 Å². The summed E-state index contributed by atoms with van der Waals surface area (Å²) in [5.41, 5.74) is 3.70. The lowest BCUT2D eigenvalue weighted by atomic mass is 9.89. The van der Waals surface area contributed by atoms with Crippen molar-refractivity contribution in [2.75, 3.05) is 0 Å². The third-order valence-corrected chi connectivity index (χ3v) is 5.23. The summed E-state index contributed by atoms with van der Waals surface area (Å²) in [6, 6.07) is 11.5. The van der Waals surface area contributed by atoms with Crippen LogP contribution in [0, 0.1) is 6.92 Å². The molecule has 1 N–H and O–H groups in total. The lowest BCUT2D eigenvalue weighted by Crippen LogP contribution is -2.22. The van der Waals surface area contributed by atoms with E-state index in [-0.39, 0.29) is 12.5 Å². The molecule has 6 heteroatoms. The topological polar surface area (TPSA) is 80.9 Å². The highest BCUT2D eigenvalue weighted by Crippen LogP contribution is 2.30. The van der Waals surface area contributed by atoms with Gasteiger partial charge in [-0.25, -0.2) is 0 Å². The van der Waals surface area contributed by atoms with Gasteiger partial charge in [-0.05, 0) is 55.2 Å². The van der Waals surface area contributed by atoms with Crippen LogP contribution < -0.4 is 5.32 Å². The Bertz CT molecular complexity index is 943. The van der Waals surface area contributed by atoms with Crippen molar-refractivity contribution in [2.45, 2.75) is 51.5 Å². The number of carbonyl (C=O) groups is 1. The van der Waals surface area contributed by atoms with Gasteiger partial charge in [-0.3, -0.25) is 9.78 Å². The molecule has 4 rings (SSSR count). The van der Waals surface area contributed by atoms with E-state index in [1.807, 2.05) is 43.3 Å². The molecule has 2 heterocycles. The van der Waals surface area contributed by atoms with Gasteiger partial charge in [0, 0.05) is 23.4 Å². The standard InChI is InChI=1S/C22H24N4O2/c1-15-13-19(11-12-23-15)16-7-9-18(10-8-16)22(27)24-14-20-25-21(26-28-20)17-5-3-2-4-6-17/h7-13,17H,2-6,14H2,1H3,(H,24,27). The summed E-state index contributed by atoms with van der Waals surface area (Å²) >= 11 is 0. The summed E-state index contributed by atoms with van der Waals surface area (Å²) in [5, 5.41) is 6.95. The number of carbonyl (C=O) groups excluding carboxylic acids is 1. The van der Waals surface area contributed by atoms with Crippen molar-refractivity contribution in [2.24, 2.45) is 0 Å². The zero-order chi connectivity index (χ0) is 19.3. The van der Waals surface area contributed by atoms with Crippen LogP contribution in [0.25, 0.3) is 11.1 Å². The van der Waals surface area contributed by atoms with Crippen molar-refractivity contribution >= 4 is 5.91 Å². The number of rotatable bonds is 5. The van der Waals surface area contributed by atoms with E-state index >= 15 is 0 Å². The molecular weight excluding hydrogens is 352 g/mol. The van der Waals surface area contributed by atoms with Gasteiger partial charge in [0.05, 0.1) is 6.54 Å². The second-order valence-electron chi connectivity index (χ2n) is 7.33. The smallest absolute Gasteiger partial charge is 0.251 e. The molecule has 3 aromatic rings. The maximum absolute atomic E-state index is 12.4. The Labute approximate surface area is 164 Å². The normalized spacial score (nSPS) is 14.8. The van der Waals surface area contributed by atoms with Gasteiger partial charge in [-0.15, -0.1) is 0 Å². The molecular formula is C22H24N4O2. The number of benzene rings is 1. The van der Waals surface area contributed by atoms with E-state index in [1.165, 1.54) is 19.3 Å². The van der Waals surface area contributed by atoms with Crippen molar-refractivity contribution in [3.05, 3.63) is 65.6 Å². The summed E-state index contributed by atoms with van der Waals surface area (Å²) in [7, 11) is 0. The van der Waals surface area contributed by atoms with Gasteiger partial charge >= 0.3 is 0 Å². The Morgan fingerprint density at radius 3 is 2.64 bits per heavy atom. The average molecular weight is 376 g/mol. The number of nitrogens with one attached hydrogen (secondary N) is 1. The second kappa shape index (κ2) is 8.33. The molecule has 1 saturated carbocycles. The van der Waals surface area contributed by atoms with E-state index in [9.17, 15) is 4.79 Å². The van der Waals surface area contributed by atoms with E-state index in [2.05, 4.69) is 20.4 Å². The molecule has 6 nitrogen and oxygen atoms in total. The zero-order valence-corrected chi connectivity index (χ0v) is 16.0. The van der Waals surface area contributed by atoms with E-state index in [4.69, 9.17) is 4.52 Å². The van der Waals surface area contributed by atoms with Crippen LogP contribution in [0.15, 0.2) is 47.1 Å². The molecule has 1 fully saturated rings. The highest BCUT2D eigenvalue weighted by molar-refractivity contribution is 5.94. The number of aryl methyl sites for hydroxylation is 1. The van der Waals surface area contributed by atoms with Gasteiger partial charge in [0.1, 0.15) is 0 Å². The van der Waals surface area contributed by atoms with Crippen LogP contribution in [0.5, 0.6) is 0 Å². The van der Waals surface area contributed by atoms with Crippen LogP contribution in [0.4, 0.5) is 0 Å². The summed E-state index contributed by atoms with van der Waals surface area (Å²) in [6.45, 7) is 2.20. The predicted molar refractivity (Wildman–Crippen MR) is 106 cm³/mol. The van der Waals surface area contributed by atoms with Crippen LogP contribution in [-0.4, -0.2) is 21.0 Å². The quantitative estimate of drug-likeness (QED) is 0.713. The van der Waals surface area contributed by atoms with Gasteiger partial charge in [0.15, 0.2) is 5.82 Å². The summed E-state index contributed by atoms with van der Waals surface area (Å²) in [4.78, 5) is 21.1.